The van der Waals surface area contributed by atoms with Gasteiger partial charge in [0.2, 0.25) is 0 Å². The standard InChI is InChI=1S/2C15H24O2/c2*1-14(2,3)10-9-13(17-7)11(8-12(10)16)15(4,5)6/h2*8-9,16H,1-7H3. The molecule has 0 radical (unpaired) electrons. The molecule has 0 unspecified atom stereocenters. The third-order valence-electron chi connectivity index (χ3n) is 5.87. The summed E-state index contributed by atoms with van der Waals surface area (Å²) in [6.07, 6.45) is 0. The Labute approximate surface area is 208 Å². The molecule has 4 heteroatoms. The predicted octanol–water partition coefficient (Wildman–Crippen LogP) is 7.99. The van der Waals surface area contributed by atoms with Crippen molar-refractivity contribution in [1.29, 1.82) is 0 Å². The number of phenolic OH excluding ortho intramolecular Hbond substituents is 2. The Kier molecular flexibility index (Phi) is 8.81. The van der Waals surface area contributed by atoms with E-state index in [1.807, 2.05) is 24.3 Å². The van der Waals surface area contributed by atoms with Crippen LogP contribution < -0.4 is 9.47 Å². The second-order valence-corrected chi connectivity index (χ2v) is 13.1. The summed E-state index contributed by atoms with van der Waals surface area (Å²) in [7, 11) is 3.35. The normalized spacial score (nSPS) is 12.6. The Morgan fingerprint density at radius 2 is 0.676 bits per heavy atom. The van der Waals surface area contributed by atoms with Gasteiger partial charge in [-0.05, 0) is 45.9 Å². The first-order valence-electron chi connectivity index (χ1n) is 12.0. The van der Waals surface area contributed by atoms with Gasteiger partial charge >= 0.3 is 0 Å². The fourth-order valence-corrected chi connectivity index (χ4v) is 3.85. The van der Waals surface area contributed by atoms with E-state index in [4.69, 9.17) is 9.47 Å². The lowest BCUT2D eigenvalue weighted by Crippen LogP contribution is -2.16. The van der Waals surface area contributed by atoms with E-state index >= 15 is 0 Å². The average molecular weight is 473 g/mol. The lowest BCUT2D eigenvalue weighted by Gasteiger charge is -2.27. The molecular formula is C30H48O4. The number of phenols is 2. The second-order valence-electron chi connectivity index (χ2n) is 13.1. The third-order valence-corrected chi connectivity index (χ3v) is 5.87. The van der Waals surface area contributed by atoms with E-state index in [9.17, 15) is 10.2 Å². The van der Waals surface area contributed by atoms with Crippen molar-refractivity contribution in [2.24, 2.45) is 0 Å². The van der Waals surface area contributed by atoms with Crippen LogP contribution in [0.15, 0.2) is 24.3 Å². The molecule has 0 saturated carbocycles. The number of aromatic hydroxyl groups is 2. The van der Waals surface area contributed by atoms with Gasteiger partial charge in [0.05, 0.1) is 14.2 Å². The van der Waals surface area contributed by atoms with Gasteiger partial charge in [0.15, 0.2) is 0 Å². The first-order chi connectivity index (χ1) is 15.1. The SMILES string of the molecule is COc1cc(C(C)(C)C)c(O)cc1C(C)(C)C.COc1cc(C(C)(C)C)c(O)cc1C(C)(C)C. The van der Waals surface area contributed by atoms with Gasteiger partial charge in [0, 0.05) is 22.3 Å². The first kappa shape index (κ1) is 29.7. The van der Waals surface area contributed by atoms with Crippen molar-refractivity contribution in [3.8, 4) is 23.0 Å². The Hall–Kier alpha value is -2.36. The Morgan fingerprint density at radius 3 is 0.853 bits per heavy atom. The van der Waals surface area contributed by atoms with E-state index in [2.05, 4.69) is 83.1 Å². The molecule has 0 aliphatic heterocycles. The van der Waals surface area contributed by atoms with Gasteiger partial charge in [0.25, 0.3) is 0 Å². The van der Waals surface area contributed by atoms with Crippen LogP contribution in [0.25, 0.3) is 0 Å². The summed E-state index contributed by atoms with van der Waals surface area (Å²) >= 11 is 0. The zero-order chi connectivity index (χ0) is 26.9. The van der Waals surface area contributed by atoms with Crippen molar-refractivity contribution in [2.45, 2.75) is 105 Å². The quantitative estimate of drug-likeness (QED) is 0.465. The highest BCUT2D eigenvalue weighted by molar-refractivity contribution is 5.52. The number of hydrogen-bond acceptors (Lipinski definition) is 4. The molecule has 0 fully saturated rings. The molecule has 0 atom stereocenters. The van der Waals surface area contributed by atoms with Crippen LogP contribution in [-0.4, -0.2) is 24.4 Å². The fourth-order valence-electron chi connectivity index (χ4n) is 3.85. The molecule has 4 nitrogen and oxygen atoms in total. The molecule has 0 aliphatic carbocycles. The van der Waals surface area contributed by atoms with Gasteiger partial charge in [-0.3, -0.25) is 0 Å². The Morgan fingerprint density at radius 1 is 0.441 bits per heavy atom. The highest BCUT2D eigenvalue weighted by atomic mass is 16.5. The van der Waals surface area contributed by atoms with E-state index in [1.54, 1.807) is 14.2 Å². The first-order valence-corrected chi connectivity index (χ1v) is 12.0. The highest BCUT2D eigenvalue weighted by Crippen LogP contribution is 2.41. The molecule has 0 aliphatic rings. The van der Waals surface area contributed by atoms with Gasteiger partial charge in [0.1, 0.15) is 23.0 Å². The molecule has 34 heavy (non-hydrogen) atoms. The molecule has 0 spiro atoms. The van der Waals surface area contributed by atoms with E-state index in [1.165, 1.54) is 0 Å². The molecule has 0 heterocycles. The molecule has 0 amide bonds. The van der Waals surface area contributed by atoms with Crippen molar-refractivity contribution in [3.63, 3.8) is 0 Å². The molecule has 0 saturated heterocycles. The zero-order valence-electron chi connectivity index (χ0n) is 24.0. The Bertz CT molecular complexity index is 894. The molecule has 0 bridgehead atoms. The monoisotopic (exact) mass is 472 g/mol. The molecule has 2 aromatic rings. The molecule has 192 valence electrons. The van der Waals surface area contributed by atoms with Gasteiger partial charge in [-0.1, -0.05) is 83.1 Å². The maximum absolute atomic E-state index is 10.2. The third kappa shape index (κ3) is 7.32. The number of methoxy groups -OCH3 is 2. The number of benzene rings is 2. The predicted molar refractivity (Wildman–Crippen MR) is 144 cm³/mol. The highest BCUT2D eigenvalue weighted by Gasteiger charge is 2.26. The van der Waals surface area contributed by atoms with E-state index < -0.39 is 0 Å². The summed E-state index contributed by atoms with van der Waals surface area (Å²) in [4.78, 5) is 0. The average Bonchev–Trinajstić information content (AvgIpc) is 2.64. The summed E-state index contributed by atoms with van der Waals surface area (Å²) in [5, 5.41) is 20.3. The van der Waals surface area contributed by atoms with Crippen LogP contribution in [0, 0.1) is 0 Å². The Balaban J connectivity index is 0.000000340. The van der Waals surface area contributed by atoms with Crippen LogP contribution in [0.2, 0.25) is 0 Å². The number of hydrogen-bond donors (Lipinski definition) is 2. The fraction of sp³-hybridized carbons (Fsp3) is 0.600. The molecule has 2 aromatic carbocycles. The smallest absolute Gasteiger partial charge is 0.123 e. The summed E-state index contributed by atoms with van der Waals surface area (Å²) < 4.78 is 10.9. The lowest BCUT2D eigenvalue weighted by molar-refractivity contribution is 0.388. The minimum absolute atomic E-state index is 0.0424. The minimum Gasteiger partial charge on any atom is -0.508 e. The minimum atomic E-state index is -0.0895. The zero-order valence-corrected chi connectivity index (χ0v) is 24.0. The topological polar surface area (TPSA) is 58.9 Å². The van der Waals surface area contributed by atoms with Crippen molar-refractivity contribution in [2.75, 3.05) is 14.2 Å². The van der Waals surface area contributed by atoms with Crippen LogP contribution in [0.3, 0.4) is 0 Å². The molecule has 2 N–H and O–H groups in total. The van der Waals surface area contributed by atoms with Crippen LogP contribution >= 0.6 is 0 Å². The summed E-state index contributed by atoms with van der Waals surface area (Å²) in [5.74, 6) is 2.40. The number of rotatable bonds is 2. The van der Waals surface area contributed by atoms with Crippen molar-refractivity contribution in [1.82, 2.24) is 0 Å². The number of ether oxygens (including phenoxy) is 2. The summed E-state index contributed by atoms with van der Waals surface area (Å²) in [6, 6.07) is 7.57. The lowest BCUT2D eigenvalue weighted by atomic mass is 9.81. The maximum Gasteiger partial charge on any atom is 0.123 e. The largest absolute Gasteiger partial charge is 0.508 e. The van der Waals surface area contributed by atoms with Gasteiger partial charge in [-0.15, -0.1) is 0 Å². The van der Waals surface area contributed by atoms with E-state index in [0.29, 0.717) is 11.5 Å². The second kappa shape index (κ2) is 10.1. The van der Waals surface area contributed by atoms with Crippen LogP contribution in [0.1, 0.15) is 105 Å². The van der Waals surface area contributed by atoms with Gasteiger partial charge in [-0.2, -0.15) is 0 Å². The van der Waals surface area contributed by atoms with Crippen molar-refractivity contribution < 1.29 is 19.7 Å². The van der Waals surface area contributed by atoms with Crippen LogP contribution in [0.5, 0.6) is 23.0 Å². The van der Waals surface area contributed by atoms with Crippen molar-refractivity contribution in [3.05, 3.63) is 46.5 Å². The molecule has 0 aromatic heterocycles. The maximum atomic E-state index is 10.2. The van der Waals surface area contributed by atoms with E-state index in [0.717, 1.165) is 33.8 Å². The summed E-state index contributed by atoms with van der Waals surface area (Å²) in [6.45, 7) is 25.2. The van der Waals surface area contributed by atoms with Crippen molar-refractivity contribution >= 4 is 0 Å². The van der Waals surface area contributed by atoms with Gasteiger partial charge in [-0.25, -0.2) is 0 Å². The van der Waals surface area contributed by atoms with E-state index in [-0.39, 0.29) is 21.7 Å². The van der Waals surface area contributed by atoms with Gasteiger partial charge < -0.3 is 19.7 Å². The molecular weight excluding hydrogens is 424 g/mol. The van der Waals surface area contributed by atoms with Crippen LogP contribution in [-0.2, 0) is 21.7 Å². The molecule has 2 rings (SSSR count). The van der Waals surface area contributed by atoms with Crippen LogP contribution in [0.4, 0.5) is 0 Å². The summed E-state index contributed by atoms with van der Waals surface area (Å²) in [5.41, 5.74) is 3.64.